The molecule has 0 bridgehead atoms. The van der Waals surface area contributed by atoms with E-state index in [9.17, 15) is 4.39 Å². The van der Waals surface area contributed by atoms with Crippen LogP contribution in [0.1, 0.15) is 17.3 Å². The van der Waals surface area contributed by atoms with Gasteiger partial charge in [0.05, 0.1) is 5.56 Å². The molecule has 36 heavy (non-hydrogen) atoms. The average Bonchev–Trinajstić information content (AvgIpc) is 3.54. The van der Waals surface area contributed by atoms with Crippen molar-refractivity contribution in [1.82, 2.24) is 30.4 Å². The summed E-state index contributed by atoms with van der Waals surface area (Å²) in [5.74, 6) is 0.510. The SMILES string of the molecule is Cn1nnnc1/C(=N\OCc1nnc(-c2cc(Cl)ccc2Oc2ccccc2F)o1)c1ccccc1. The fraction of sp³-hybridized carbons (Fsp3) is 0.0833. The van der Waals surface area contributed by atoms with Crippen LogP contribution in [0.25, 0.3) is 11.5 Å². The molecule has 0 radical (unpaired) electrons. The van der Waals surface area contributed by atoms with E-state index in [0.717, 1.165) is 5.56 Å². The summed E-state index contributed by atoms with van der Waals surface area (Å²) in [5.41, 5.74) is 1.58. The average molecular weight is 506 g/mol. The van der Waals surface area contributed by atoms with E-state index in [1.807, 2.05) is 30.3 Å². The fourth-order valence-electron chi connectivity index (χ4n) is 3.23. The highest BCUT2D eigenvalue weighted by molar-refractivity contribution is 6.30. The summed E-state index contributed by atoms with van der Waals surface area (Å²) < 4.78 is 27.1. The van der Waals surface area contributed by atoms with Crippen LogP contribution >= 0.6 is 11.6 Å². The first kappa shape index (κ1) is 23.1. The third-order valence-electron chi connectivity index (χ3n) is 4.92. The lowest BCUT2D eigenvalue weighted by Crippen LogP contribution is -2.12. The molecule has 0 aliphatic rings. The molecule has 0 fully saturated rings. The summed E-state index contributed by atoms with van der Waals surface area (Å²) in [6.07, 6.45) is 0. The predicted octanol–water partition coefficient (Wildman–Crippen LogP) is 4.81. The Morgan fingerprint density at radius 2 is 1.81 bits per heavy atom. The monoisotopic (exact) mass is 505 g/mol. The molecule has 5 aromatic rings. The summed E-state index contributed by atoms with van der Waals surface area (Å²) in [7, 11) is 1.70. The molecule has 10 nitrogen and oxygen atoms in total. The second-order valence-corrected chi connectivity index (χ2v) is 7.82. The van der Waals surface area contributed by atoms with Gasteiger partial charge in [-0.05, 0) is 40.8 Å². The first-order valence-electron chi connectivity index (χ1n) is 10.6. The smallest absolute Gasteiger partial charge is 0.257 e. The molecule has 3 aromatic carbocycles. The Morgan fingerprint density at radius 1 is 1.00 bits per heavy atom. The molecule has 0 saturated heterocycles. The van der Waals surface area contributed by atoms with Gasteiger partial charge in [0.2, 0.25) is 5.82 Å². The maximum Gasteiger partial charge on any atom is 0.257 e. The number of oxime groups is 1. The van der Waals surface area contributed by atoms with E-state index >= 15 is 0 Å². The van der Waals surface area contributed by atoms with Crippen molar-refractivity contribution in [2.45, 2.75) is 6.61 Å². The second-order valence-electron chi connectivity index (χ2n) is 7.38. The van der Waals surface area contributed by atoms with Gasteiger partial charge in [-0.3, -0.25) is 0 Å². The largest absolute Gasteiger partial charge is 0.453 e. The number of aromatic nitrogens is 6. The van der Waals surface area contributed by atoms with Gasteiger partial charge in [0.15, 0.2) is 23.9 Å². The van der Waals surface area contributed by atoms with Crippen LogP contribution in [0.4, 0.5) is 4.39 Å². The minimum Gasteiger partial charge on any atom is -0.453 e. The maximum atomic E-state index is 14.1. The van der Waals surface area contributed by atoms with Crippen LogP contribution in [-0.2, 0) is 18.5 Å². The van der Waals surface area contributed by atoms with E-state index in [1.54, 1.807) is 37.4 Å². The summed E-state index contributed by atoms with van der Waals surface area (Å²) in [6.45, 7) is -0.126. The molecular weight excluding hydrogens is 489 g/mol. The van der Waals surface area contributed by atoms with Crippen LogP contribution < -0.4 is 4.74 Å². The Bertz CT molecular complexity index is 1520. The topological polar surface area (TPSA) is 113 Å². The highest BCUT2D eigenvalue weighted by Crippen LogP contribution is 2.35. The number of tetrazole rings is 1. The Balaban J connectivity index is 1.37. The van der Waals surface area contributed by atoms with Crippen LogP contribution in [-0.4, -0.2) is 36.1 Å². The van der Waals surface area contributed by atoms with E-state index in [2.05, 4.69) is 30.9 Å². The molecule has 0 atom stereocenters. The first-order chi connectivity index (χ1) is 17.6. The van der Waals surface area contributed by atoms with Crippen molar-refractivity contribution in [2.75, 3.05) is 0 Å². The number of rotatable bonds is 8. The second kappa shape index (κ2) is 10.3. The van der Waals surface area contributed by atoms with Gasteiger partial charge in [0, 0.05) is 17.6 Å². The van der Waals surface area contributed by atoms with Crippen LogP contribution in [0, 0.1) is 5.82 Å². The third kappa shape index (κ3) is 5.05. The molecule has 0 aliphatic carbocycles. The summed E-state index contributed by atoms with van der Waals surface area (Å²) >= 11 is 6.17. The minimum absolute atomic E-state index is 0.0465. The van der Waals surface area contributed by atoms with Crippen LogP contribution in [0.15, 0.2) is 82.4 Å². The van der Waals surface area contributed by atoms with E-state index in [0.29, 0.717) is 27.9 Å². The molecule has 2 heterocycles. The number of aryl methyl sites for hydroxylation is 1. The molecule has 2 aromatic heterocycles. The van der Waals surface area contributed by atoms with Crippen LogP contribution in [0.2, 0.25) is 5.02 Å². The lowest BCUT2D eigenvalue weighted by molar-refractivity contribution is 0.111. The van der Waals surface area contributed by atoms with Gasteiger partial charge in [0.25, 0.3) is 11.8 Å². The van der Waals surface area contributed by atoms with E-state index in [1.165, 1.54) is 16.8 Å². The van der Waals surface area contributed by atoms with Crippen molar-refractivity contribution in [3.63, 3.8) is 0 Å². The molecule has 0 saturated carbocycles. The van der Waals surface area contributed by atoms with Gasteiger partial charge in [-0.1, -0.05) is 59.2 Å². The molecule has 12 heteroatoms. The minimum atomic E-state index is -0.511. The molecule has 0 aliphatic heterocycles. The first-order valence-corrected chi connectivity index (χ1v) is 11.0. The quantitative estimate of drug-likeness (QED) is 0.218. The highest BCUT2D eigenvalue weighted by Gasteiger charge is 2.18. The van der Waals surface area contributed by atoms with Crippen molar-refractivity contribution in [1.29, 1.82) is 0 Å². The summed E-state index contributed by atoms with van der Waals surface area (Å²) in [4.78, 5) is 5.51. The summed E-state index contributed by atoms with van der Waals surface area (Å²) in [5, 5.41) is 24.2. The Morgan fingerprint density at radius 3 is 2.58 bits per heavy atom. The van der Waals surface area contributed by atoms with Gasteiger partial charge < -0.3 is 14.0 Å². The van der Waals surface area contributed by atoms with E-state index < -0.39 is 5.82 Å². The Labute approximate surface area is 208 Å². The number of hydrogen-bond donors (Lipinski definition) is 0. The van der Waals surface area contributed by atoms with Gasteiger partial charge in [-0.2, -0.15) is 0 Å². The zero-order chi connectivity index (χ0) is 24.9. The van der Waals surface area contributed by atoms with E-state index in [-0.39, 0.29) is 24.1 Å². The van der Waals surface area contributed by atoms with Gasteiger partial charge in [-0.15, -0.1) is 15.3 Å². The number of para-hydroxylation sites is 1. The van der Waals surface area contributed by atoms with Gasteiger partial charge in [0.1, 0.15) is 5.75 Å². The van der Waals surface area contributed by atoms with E-state index in [4.69, 9.17) is 25.6 Å². The number of ether oxygens (including phenoxy) is 1. The number of nitrogens with zero attached hydrogens (tertiary/aromatic N) is 7. The Hall–Kier alpha value is -4.64. The molecule has 0 amide bonds. The fourth-order valence-corrected chi connectivity index (χ4v) is 3.40. The highest BCUT2D eigenvalue weighted by atomic mass is 35.5. The number of hydrogen-bond acceptors (Lipinski definition) is 9. The van der Waals surface area contributed by atoms with Crippen LogP contribution in [0.5, 0.6) is 11.5 Å². The molecule has 0 unspecified atom stereocenters. The standard InChI is InChI=1S/C24H17ClFN7O3/c1-33-23(28-31-32-33)22(15-7-3-2-4-8-15)30-34-14-21-27-29-24(36-21)17-13-16(25)11-12-19(17)35-20-10-6-5-9-18(20)26/h2-13H,14H2,1H3/b30-22-. The zero-order valence-electron chi connectivity index (χ0n) is 18.7. The zero-order valence-corrected chi connectivity index (χ0v) is 19.5. The van der Waals surface area contributed by atoms with Gasteiger partial charge in [-0.25, -0.2) is 9.07 Å². The third-order valence-corrected chi connectivity index (χ3v) is 5.15. The lowest BCUT2D eigenvalue weighted by atomic mass is 10.1. The van der Waals surface area contributed by atoms with Crippen molar-refractivity contribution in [3.8, 4) is 23.0 Å². The molecule has 180 valence electrons. The lowest BCUT2D eigenvalue weighted by Gasteiger charge is -2.10. The number of halogens is 2. The molecular formula is C24H17ClFN7O3. The normalized spacial score (nSPS) is 11.5. The van der Waals surface area contributed by atoms with Crippen molar-refractivity contribution in [2.24, 2.45) is 12.2 Å². The van der Waals surface area contributed by atoms with Crippen molar-refractivity contribution < 1.29 is 18.4 Å². The molecule has 0 spiro atoms. The van der Waals surface area contributed by atoms with Crippen molar-refractivity contribution >= 4 is 17.3 Å². The maximum absolute atomic E-state index is 14.1. The predicted molar refractivity (Wildman–Crippen MR) is 127 cm³/mol. The molecule has 5 rings (SSSR count). The Kier molecular flexibility index (Phi) is 6.63. The van der Waals surface area contributed by atoms with Gasteiger partial charge >= 0.3 is 0 Å². The van der Waals surface area contributed by atoms with Crippen LogP contribution in [0.3, 0.4) is 0 Å². The number of benzene rings is 3. The van der Waals surface area contributed by atoms with Crippen molar-refractivity contribution in [3.05, 3.63) is 101 Å². The molecule has 0 N–H and O–H groups in total. The summed E-state index contributed by atoms with van der Waals surface area (Å²) in [6, 6.07) is 20.2.